The number of hydrogen-bond acceptors (Lipinski definition) is 2. The molecule has 0 aliphatic heterocycles. The molecular weight excluding hydrogens is 320 g/mol. The number of halogens is 1. The SMILES string of the molecule is CCC(=O)Nc1cccc(NC(=O)C(Br)C(C)C)c1C. The number of carbonyl (C=O) groups excluding carboxylic acids is 2. The van der Waals surface area contributed by atoms with Gasteiger partial charge in [0.1, 0.15) is 0 Å². The summed E-state index contributed by atoms with van der Waals surface area (Å²) in [6.07, 6.45) is 0.423. The second-order valence-electron chi connectivity index (χ2n) is 5.01. The van der Waals surface area contributed by atoms with Crippen molar-refractivity contribution in [3.8, 4) is 0 Å². The molecule has 5 heteroatoms. The lowest BCUT2D eigenvalue weighted by Gasteiger charge is -2.17. The third-order valence-electron chi connectivity index (χ3n) is 3.02. The molecule has 2 amide bonds. The van der Waals surface area contributed by atoms with Gasteiger partial charge in [-0.15, -0.1) is 0 Å². The molecule has 0 fully saturated rings. The van der Waals surface area contributed by atoms with Crippen LogP contribution in [0.1, 0.15) is 32.8 Å². The molecule has 0 heterocycles. The molecule has 0 saturated carbocycles. The van der Waals surface area contributed by atoms with Crippen LogP contribution >= 0.6 is 15.9 Å². The monoisotopic (exact) mass is 340 g/mol. The summed E-state index contributed by atoms with van der Waals surface area (Å²) in [6, 6.07) is 5.47. The maximum atomic E-state index is 12.1. The standard InChI is InChI=1S/C15H21BrN2O2/c1-5-13(19)17-11-7-6-8-12(10(11)4)18-15(20)14(16)9(2)3/h6-9,14H,5H2,1-4H3,(H,17,19)(H,18,20). The zero-order chi connectivity index (χ0) is 15.3. The van der Waals surface area contributed by atoms with Crippen LogP contribution in [0, 0.1) is 12.8 Å². The van der Waals surface area contributed by atoms with Gasteiger partial charge >= 0.3 is 0 Å². The van der Waals surface area contributed by atoms with Crippen LogP contribution in [0.15, 0.2) is 18.2 Å². The highest BCUT2D eigenvalue weighted by molar-refractivity contribution is 9.10. The van der Waals surface area contributed by atoms with Crippen molar-refractivity contribution in [2.24, 2.45) is 5.92 Å². The Bertz CT molecular complexity index is 501. The van der Waals surface area contributed by atoms with E-state index in [1.807, 2.05) is 39.0 Å². The molecule has 0 aliphatic rings. The first kappa shape index (κ1) is 16.7. The molecule has 0 aliphatic carbocycles. The fourth-order valence-corrected chi connectivity index (χ4v) is 1.76. The molecule has 1 aromatic carbocycles. The molecule has 1 aromatic rings. The Morgan fingerprint density at radius 3 is 2.25 bits per heavy atom. The van der Waals surface area contributed by atoms with Crippen LogP contribution < -0.4 is 10.6 Å². The number of amides is 2. The fraction of sp³-hybridized carbons (Fsp3) is 0.467. The lowest BCUT2D eigenvalue weighted by atomic mass is 10.1. The van der Waals surface area contributed by atoms with Crippen molar-refractivity contribution in [2.45, 2.75) is 38.9 Å². The molecule has 1 rings (SSSR count). The predicted molar refractivity (Wildman–Crippen MR) is 86.3 cm³/mol. The van der Waals surface area contributed by atoms with Gasteiger partial charge < -0.3 is 10.6 Å². The molecule has 110 valence electrons. The maximum absolute atomic E-state index is 12.1. The Morgan fingerprint density at radius 2 is 1.75 bits per heavy atom. The van der Waals surface area contributed by atoms with Crippen LogP contribution in [0.3, 0.4) is 0 Å². The minimum absolute atomic E-state index is 0.0443. The average Bonchev–Trinajstić information content (AvgIpc) is 2.41. The topological polar surface area (TPSA) is 58.2 Å². The summed E-state index contributed by atoms with van der Waals surface area (Å²) in [5, 5.41) is 5.71. The van der Waals surface area contributed by atoms with Crippen molar-refractivity contribution in [2.75, 3.05) is 10.6 Å². The van der Waals surface area contributed by atoms with Gasteiger partial charge in [0.2, 0.25) is 11.8 Å². The van der Waals surface area contributed by atoms with Crippen molar-refractivity contribution >= 4 is 39.1 Å². The van der Waals surface area contributed by atoms with Crippen molar-refractivity contribution in [1.82, 2.24) is 0 Å². The van der Waals surface area contributed by atoms with E-state index in [1.165, 1.54) is 0 Å². The lowest BCUT2D eigenvalue weighted by Crippen LogP contribution is -2.27. The Labute approximate surface area is 128 Å². The quantitative estimate of drug-likeness (QED) is 0.803. The maximum Gasteiger partial charge on any atom is 0.238 e. The van der Waals surface area contributed by atoms with E-state index in [0.717, 1.165) is 11.3 Å². The van der Waals surface area contributed by atoms with Crippen LogP contribution in [0.2, 0.25) is 0 Å². The van der Waals surface area contributed by atoms with Gasteiger partial charge in [-0.25, -0.2) is 0 Å². The summed E-state index contributed by atoms with van der Waals surface area (Å²) in [5.74, 6) is 0.0810. The zero-order valence-corrected chi connectivity index (χ0v) is 13.9. The highest BCUT2D eigenvalue weighted by Gasteiger charge is 2.19. The van der Waals surface area contributed by atoms with Crippen LogP contribution in [0.5, 0.6) is 0 Å². The van der Waals surface area contributed by atoms with Crippen LogP contribution in [0.4, 0.5) is 11.4 Å². The summed E-state index contributed by atoms with van der Waals surface area (Å²) in [7, 11) is 0. The summed E-state index contributed by atoms with van der Waals surface area (Å²) in [5.41, 5.74) is 2.30. The molecule has 0 radical (unpaired) electrons. The van der Waals surface area contributed by atoms with Crippen molar-refractivity contribution in [1.29, 1.82) is 0 Å². The van der Waals surface area contributed by atoms with E-state index >= 15 is 0 Å². The highest BCUT2D eigenvalue weighted by Crippen LogP contribution is 2.24. The second kappa shape index (κ2) is 7.43. The Balaban J connectivity index is 2.89. The van der Waals surface area contributed by atoms with Crippen molar-refractivity contribution < 1.29 is 9.59 Å². The van der Waals surface area contributed by atoms with Crippen LogP contribution in [-0.2, 0) is 9.59 Å². The van der Waals surface area contributed by atoms with Gasteiger partial charge in [-0.05, 0) is 30.5 Å². The minimum Gasteiger partial charge on any atom is -0.326 e. The molecule has 1 unspecified atom stereocenters. The number of rotatable bonds is 5. The second-order valence-corrected chi connectivity index (χ2v) is 6.00. The summed E-state index contributed by atoms with van der Waals surface area (Å²) in [4.78, 5) is 23.3. The normalized spacial score (nSPS) is 12.1. The van der Waals surface area contributed by atoms with Gasteiger partial charge in [0.05, 0.1) is 4.83 Å². The van der Waals surface area contributed by atoms with E-state index in [-0.39, 0.29) is 22.6 Å². The van der Waals surface area contributed by atoms with Crippen LogP contribution in [0.25, 0.3) is 0 Å². The fourth-order valence-electron chi connectivity index (χ4n) is 1.65. The number of benzene rings is 1. The van der Waals surface area contributed by atoms with E-state index < -0.39 is 0 Å². The predicted octanol–water partition coefficient (Wildman–Crippen LogP) is 3.70. The molecule has 0 saturated heterocycles. The number of nitrogens with one attached hydrogen (secondary N) is 2. The largest absolute Gasteiger partial charge is 0.326 e. The zero-order valence-electron chi connectivity index (χ0n) is 12.3. The van der Waals surface area contributed by atoms with Crippen LogP contribution in [-0.4, -0.2) is 16.6 Å². The Morgan fingerprint density at radius 1 is 1.20 bits per heavy atom. The van der Waals surface area contributed by atoms with Gasteiger partial charge in [0.15, 0.2) is 0 Å². The Hall–Kier alpha value is -1.36. The lowest BCUT2D eigenvalue weighted by molar-refractivity contribution is -0.116. The average molecular weight is 341 g/mol. The molecule has 20 heavy (non-hydrogen) atoms. The van der Waals surface area contributed by atoms with Gasteiger partial charge in [0, 0.05) is 17.8 Å². The van der Waals surface area contributed by atoms with E-state index in [2.05, 4.69) is 26.6 Å². The number of anilines is 2. The molecule has 2 N–H and O–H groups in total. The molecule has 0 spiro atoms. The summed E-state index contributed by atoms with van der Waals surface area (Å²) >= 11 is 3.38. The number of alkyl halides is 1. The third kappa shape index (κ3) is 4.34. The van der Waals surface area contributed by atoms with E-state index in [1.54, 1.807) is 6.92 Å². The van der Waals surface area contributed by atoms with E-state index in [0.29, 0.717) is 12.1 Å². The van der Waals surface area contributed by atoms with Gasteiger partial charge in [-0.1, -0.05) is 42.8 Å². The van der Waals surface area contributed by atoms with Crippen molar-refractivity contribution in [3.05, 3.63) is 23.8 Å². The number of hydrogen-bond donors (Lipinski definition) is 2. The molecular formula is C15H21BrN2O2. The number of carbonyl (C=O) groups is 2. The molecule has 1 atom stereocenters. The van der Waals surface area contributed by atoms with Gasteiger partial charge in [-0.2, -0.15) is 0 Å². The molecule has 0 bridgehead atoms. The molecule has 0 aromatic heterocycles. The summed E-state index contributed by atoms with van der Waals surface area (Å²) in [6.45, 7) is 7.63. The smallest absolute Gasteiger partial charge is 0.238 e. The third-order valence-corrected chi connectivity index (χ3v) is 4.50. The first-order chi connectivity index (χ1) is 9.36. The first-order valence-corrected chi connectivity index (χ1v) is 7.62. The Kier molecular flexibility index (Phi) is 6.20. The highest BCUT2D eigenvalue weighted by atomic mass is 79.9. The van der Waals surface area contributed by atoms with E-state index in [4.69, 9.17) is 0 Å². The van der Waals surface area contributed by atoms with E-state index in [9.17, 15) is 9.59 Å². The first-order valence-electron chi connectivity index (χ1n) is 6.71. The molecule has 4 nitrogen and oxygen atoms in total. The van der Waals surface area contributed by atoms with Gasteiger partial charge in [0.25, 0.3) is 0 Å². The summed E-state index contributed by atoms with van der Waals surface area (Å²) < 4.78 is 0. The van der Waals surface area contributed by atoms with Gasteiger partial charge in [-0.3, -0.25) is 9.59 Å². The minimum atomic E-state index is -0.240. The van der Waals surface area contributed by atoms with Crippen molar-refractivity contribution in [3.63, 3.8) is 0 Å².